The van der Waals surface area contributed by atoms with Crippen LogP contribution in [0.15, 0.2) is 54.6 Å². The molecule has 5 nitrogen and oxygen atoms in total. The number of nitrogens with zero attached hydrogens (tertiary/aromatic N) is 2. The first-order chi connectivity index (χ1) is 12.9. The monoisotopic (exact) mass is 404 g/mol. The van der Waals surface area contributed by atoms with Gasteiger partial charge in [-0.05, 0) is 36.8 Å². The number of anilines is 1. The fraction of sp³-hybridized carbons (Fsp3) is 0.350. The van der Waals surface area contributed by atoms with Crippen molar-refractivity contribution in [2.45, 2.75) is 25.0 Å². The molecule has 2 fully saturated rings. The maximum absolute atomic E-state index is 13.0. The minimum Gasteiger partial charge on any atom is -0.306 e. The van der Waals surface area contributed by atoms with Crippen LogP contribution < -0.4 is 4.90 Å². The highest BCUT2D eigenvalue weighted by Gasteiger charge is 2.50. The zero-order valence-electron chi connectivity index (χ0n) is 15.0. The van der Waals surface area contributed by atoms with Crippen molar-refractivity contribution in [3.63, 3.8) is 0 Å². The molecular weight excluding hydrogens is 384 g/mol. The zero-order valence-corrected chi connectivity index (χ0v) is 16.5. The molecule has 0 aliphatic carbocycles. The molecule has 2 saturated heterocycles. The van der Waals surface area contributed by atoms with Gasteiger partial charge in [0.2, 0.25) is 5.91 Å². The minimum absolute atomic E-state index is 0.00988. The van der Waals surface area contributed by atoms with E-state index in [0.29, 0.717) is 10.7 Å². The molecule has 1 unspecified atom stereocenters. The van der Waals surface area contributed by atoms with Crippen molar-refractivity contribution in [3.8, 4) is 0 Å². The van der Waals surface area contributed by atoms with E-state index in [1.54, 1.807) is 29.2 Å². The smallest absolute Gasteiger partial charge is 0.241 e. The van der Waals surface area contributed by atoms with Gasteiger partial charge < -0.3 is 4.90 Å². The van der Waals surface area contributed by atoms with Gasteiger partial charge in [-0.3, -0.25) is 9.69 Å². The molecule has 0 aromatic heterocycles. The highest BCUT2D eigenvalue weighted by molar-refractivity contribution is 7.91. The van der Waals surface area contributed by atoms with Crippen LogP contribution in [0.25, 0.3) is 0 Å². The molecule has 2 aliphatic rings. The Bertz CT molecular complexity index is 947. The molecule has 0 bridgehead atoms. The maximum Gasteiger partial charge on any atom is 0.241 e. The van der Waals surface area contributed by atoms with Crippen molar-refractivity contribution in [1.29, 1.82) is 0 Å². The second-order valence-corrected chi connectivity index (χ2v) is 9.80. The molecule has 0 saturated carbocycles. The number of hydrogen-bond acceptors (Lipinski definition) is 4. The van der Waals surface area contributed by atoms with Gasteiger partial charge in [-0.1, -0.05) is 41.9 Å². The van der Waals surface area contributed by atoms with E-state index in [9.17, 15) is 13.2 Å². The summed E-state index contributed by atoms with van der Waals surface area (Å²) in [5.74, 6) is -0.0190. The summed E-state index contributed by atoms with van der Waals surface area (Å²) in [5, 5.41) is 0.582. The summed E-state index contributed by atoms with van der Waals surface area (Å²) >= 11 is 5.97. The van der Waals surface area contributed by atoms with E-state index in [1.165, 1.54) is 0 Å². The Labute approximate surface area is 164 Å². The van der Waals surface area contributed by atoms with Gasteiger partial charge in [0.15, 0.2) is 9.84 Å². The number of benzene rings is 2. The quantitative estimate of drug-likeness (QED) is 0.789. The van der Waals surface area contributed by atoms with Crippen molar-refractivity contribution in [2.75, 3.05) is 23.0 Å². The topological polar surface area (TPSA) is 57.7 Å². The number of hydrogen-bond donors (Lipinski definition) is 0. The largest absolute Gasteiger partial charge is 0.306 e. The summed E-state index contributed by atoms with van der Waals surface area (Å²) in [7, 11) is -3.21. The van der Waals surface area contributed by atoms with Gasteiger partial charge in [-0.15, -0.1) is 0 Å². The molecule has 0 N–H and O–H groups in total. The SMILES string of the molecule is CC(c1ccccc1)N1CC(=O)N(c2ccc(Cl)cc2)[C@@H]2CS(=O)(=O)C[C@@H]21. The van der Waals surface area contributed by atoms with Crippen molar-refractivity contribution in [3.05, 3.63) is 65.2 Å². The molecule has 0 spiro atoms. The number of amides is 1. The van der Waals surface area contributed by atoms with Crippen LogP contribution in [-0.4, -0.2) is 49.4 Å². The van der Waals surface area contributed by atoms with Crippen LogP contribution in [0.4, 0.5) is 5.69 Å². The van der Waals surface area contributed by atoms with Gasteiger partial charge in [0.05, 0.1) is 24.1 Å². The second-order valence-electron chi connectivity index (χ2n) is 7.21. The van der Waals surface area contributed by atoms with E-state index < -0.39 is 9.84 Å². The molecule has 0 radical (unpaired) electrons. The molecular formula is C20H21ClN2O3S. The summed E-state index contributed by atoms with van der Waals surface area (Å²) in [6.45, 7) is 2.22. The Balaban J connectivity index is 1.71. The Morgan fingerprint density at radius 2 is 1.63 bits per heavy atom. The molecule has 2 aliphatic heterocycles. The lowest BCUT2D eigenvalue weighted by molar-refractivity contribution is -0.124. The second kappa shape index (κ2) is 6.93. The van der Waals surface area contributed by atoms with Crippen molar-refractivity contribution >= 4 is 33.0 Å². The van der Waals surface area contributed by atoms with Crippen LogP contribution in [0, 0.1) is 0 Å². The third kappa shape index (κ3) is 3.49. The lowest BCUT2D eigenvalue weighted by Crippen LogP contribution is -2.62. The predicted octanol–water partition coefficient (Wildman–Crippen LogP) is 2.92. The average molecular weight is 405 g/mol. The Morgan fingerprint density at radius 3 is 2.30 bits per heavy atom. The van der Waals surface area contributed by atoms with Crippen LogP contribution in [0.3, 0.4) is 0 Å². The van der Waals surface area contributed by atoms with Crippen LogP contribution in [0.1, 0.15) is 18.5 Å². The van der Waals surface area contributed by atoms with E-state index in [2.05, 4.69) is 0 Å². The number of sulfone groups is 1. The fourth-order valence-corrected chi connectivity index (χ4v) is 6.28. The molecule has 3 atom stereocenters. The van der Waals surface area contributed by atoms with Crippen molar-refractivity contribution in [2.24, 2.45) is 0 Å². The van der Waals surface area contributed by atoms with Gasteiger partial charge in [0.1, 0.15) is 0 Å². The molecule has 2 heterocycles. The fourth-order valence-electron chi connectivity index (χ4n) is 4.19. The summed E-state index contributed by atoms with van der Waals surface area (Å²) in [6.07, 6.45) is 0. The summed E-state index contributed by atoms with van der Waals surface area (Å²) in [4.78, 5) is 16.7. The number of fused-ring (bicyclic) bond motifs is 1. The van der Waals surface area contributed by atoms with Crippen LogP contribution >= 0.6 is 11.6 Å². The van der Waals surface area contributed by atoms with Crippen LogP contribution in [0.2, 0.25) is 5.02 Å². The molecule has 1 amide bonds. The van der Waals surface area contributed by atoms with E-state index >= 15 is 0 Å². The summed E-state index contributed by atoms with van der Waals surface area (Å²) in [5.41, 5.74) is 1.77. The van der Waals surface area contributed by atoms with E-state index in [4.69, 9.17) is 11.6 Å². The van der Waals surface area contributed by atoms with Gasteiger partial charge in [-0.25, -0.2) is 8.42 Å². The maximum atomic E-state index is 13.0. The van der Waals surface area contributed by atoms with Gasteiger partial charge in [0, 0.05) is 22.8 Å². The predicted molar refractivity (Wildman–Crippen MR) is 107 cm³/mol. The van der Waals surface area contributed by atoms with E-state index in [1.807, 2.05) is 42.2 Å². The molecule has 142 valence electrons. The Morgan fingerprint density at radius 1 is 1.00 bits per heavy atom. The number of piperazine rings is 1. The van der Waals surface area contributed by atoms with Crippen molar-refractivity contribution < 1.29 is 13.2 Å². The summed E-state index contributed by atoms with van der Waals surface area (Å²) < 4.78 is 24.9. The Hall–Kier alpha value is -1.89. The molecule has 7 heteroatoms. The molecule has 2 aromatic rings. The van der Waals surface area contributed by atoms with Crippen LogP contribution in [0.5, 0.6) is 0 Å². The highest BCUT2D eigenvalue weighted by atomic mass is 35.5. The number of carbonyl (C=O) groups excluding carboxylic acids is 1. The first-order valence-corrected chi connectivity index (χ1v) is 11.1. The first kappa shape index (κ1) is 18.5. The normalized spacial score (nSPS) is 26.0. The van der Waals surface area contributed by atoms with Gasteiger partial charge >= 0.3 is 0 Å². The summed E-state index contributed by atoms with van der Waals surface area (Å²) in [6, 6.07) is 16.2. The average Bonchev–Trinajstić information content (AvgIpc) is 2.97. The van der Waals surface area contributed by atoms with Crippen LogP contribution in [-0.2, 0) is 14.6 Å². The van der Waals surface area contributed by atoms with Gasteiger partial charge in [0.25, 0.3) is 0 Å². The lowest BCUT2D eigenvalue weighted by atomic mass is 9.98. The van der Waals surface area contributed by atoms with Crippen molar-refractivity contribution in [1.82, 2.24) is 4.90 Å². The Kier molecular flexibility index (Phi) is 4.74. The van der Waals surface area contributed by atoms with E-state index in [0.717, 1.165) is 5.56 Å². The number of rotatable bonds is 3. The molecule has 2 aromatic carbocycles. The van der Waals surface area contributed by atoms with E-state index in [-0.39, 0.29) is 42.1 Å². The lowest BCUT2D eigenvalue weighted by Gasteiger charge is -2.46. The third-order valence-corrected chi connectivity index (χ3v) is 7.47. The first-order valence-electron chi connectivity index (χ1n) is 8.94. The third-order valence-electron chi connectivity index (χ3n) is 5.52. The minimum atomic E-state index is -3.21. The molecule has 27 heavy (non-hydrogen) atoms. The highest BCUT2D eigenvalue weighted by Crippen LogP contribution is 2.36. The number of halogens is 1. The number of carbonyl (C=O) groups is 1. The van der Waals surface area contributed by atoms with Gasteiger partial charge in [-0.2, -0.15) is 0 Å². The molecule has 4 rings (SSSR count). The zero-order chi connectivity index (χ0) is 19.2. The standard InChI is InChI=1S/C20H21ClN2O3S/c1-14(15-5-3-2-4-6-15)22-11-20(24)23(17-9-7-16(21)8-10-17)19-13-27(25,26)12-18(19)22/h2-10,14,18-19H,11-13H2,1H3/t14?,18-,19+/m0/s1.